The van der Waals surface area contributed by atoms with E-state index in [4.69, 9.17) is 9.47 Å². The molecule has 5 heteroatoms. The smallest absolute Gasteiger partial charge is 0.333 e. The number of rotatable bonds is 5. The van der Waals surface area contributed by atoms with Crippen LogP contribution in [0.4, 0.5) is 5.69 Å². The van der Waals surface area contributed by atoms with Gasteiger partial charge < -0.3 is 14.8 Å². The molecule has 1 N–H and O–H groups in total. The Balaban J connectivity index is 3.15. The largest absolute Gasteiger partial charge is 0.497 e. The Hall–Kier alpha value is -2.30. The van der Waals surface area contributed by atoms with Crippen LogP contribution in [0, 0.1) is 0 Å². The zero-order chi connectivity index (χ0) is 15.1. The molecule has 0 aliphatic rings. The third-order valence-electron chi connectivity index (χ3n) is 2.54. The Kier molecular flexibility index (Phi) is 5.77. The van der Waals surface area contributed by atoms with Gasteiger partial charge in [-0.3, -0.25) is 4.79 Å². The maximum absolute atomic E-state index is 11.6. The monoisotopic (exact) mass is 277 g/mol. The summed E-state index contributed by atoms with van der Waals surface area (Å²) in [5, 5.41) is 2.71. The zero-order valence-corrected chi connectivity index (χ0v) is 12.1. The van der Waals surface area contributed by atoms with Crippen molar-refractivity contribution in [3.05, 3.63) is 29.3 Å². The molecule has 0 aliphatic carbocycles. The Labute approximate surface area is 118 Å². The fourth-order valence-electron chi connectivity index (χ4n) is 1.63. The van der Waals surface area contributed by atoms with Crippen LogP contribution >= 0.6 is 0 Å². The summed E-state index contributed by atoms with van der Waals surface area (Å²) in [7, 11) is 1.55. The number of benzene rings is 1. The van der Waals surface area contributed by atoms with E-state index in [0.717, 1.165) is 0 Å². The molecular weight excluding hydrogens is 258 g/mol. The average Bonchev–Trinajstić information content (AvgIpc) is 2.40. The quantitative estimate of drug-likeness (QED) is 0.663. The van der Waals surface area contributed by atoms with Crippen LogP contribution in [0.1, 0.15) is 26.3 Å². The lowest BCUT2D eigenvalue weighted by molar-refractivity contribution is -0.138. The van der Waals surface area contributed by atoms with E-state index in [2.05, 4.69) is 5.32 Å². The van der Waals surface area contributed by atoms with E-state index < -0.39 is 0 Å². The van der Waals surface area contributed by atoms with Crippen molar-refractivity contribution in [1.29, 1.82) is 0 Å². The molecule has 0 aromatic heterocycles. The molecule has 0 bridgehead atoms. The van der Waals surface area contributed by atoms with Crippen LogP contribution in [-0.2, 0) is 14.3 Å². The van der Waals surface area contributed by atoms with Crippen LogP contribution in [0.25, 0.3) is 6.08 Å². The molecule has 0 saturated carbocycles. The first-order chi connectivity index (χ1) is 9.47. The molecule has 1 aromatic carbocycles. The molecule has 0 aliphatic heterocycles. The van der Waals surface area contributed by atoms with Crippen molar-refractivity contribution in [2.24, 2.45) is 0 Å². The number of hydrogen-bond acceptors (Lipinski definition) is 4. The predicted molar refractivity (Wildman–Crippen MR) is 77.6 cm³/mol. The molecule has 1 amide bonds. The van der Waals surface area contributed by atoms with Crippen LogP contribution < -0.4 is 10.1 Å². The average molecular weight is 277 g/mol. The van der Waals surface area contributed by atoms with Crippen molar-refractivity contribution in [2.75, 3.05) is 19.0 Å². The zero-order valence-electron chi connectivity index (χ0n) is 12.1. The molecule has 0 unspecified atom stereocenters. The van der Waals surface area contributed by atoms with Gasteiger partial charge in [-0.2, -0.15) is 0 Å². The molecule has 20 heavy (non-hydrogen) atoms. The van der Waals surface area contributed by atoms with E-state index in [-0.39, 0.29) is 11.9 Å². The highest BCUT2D eigenvalue weighted by atomic mass is 16.5. The van der Waals surface area contributed by atoms with E-state index in [9.17, 15) is 9.59 Å². The van der Waals surface area contributed by atoms with Gasteiger partial charge in [-0.15, -0.1) is 0 Å². The maximum atomic E-state index is 11.6. The first-order valence-electron chi connectivity index (χ1n) is 6.29. The Morgan fingerprint density at radius 2 is 2.00 bits per heavy atom. The lowest BCUT2D eigenvalue weighted by atomic mass is 10.1. The molecule has 0 radical (unpaired) electrons. The number of hydrogen-bond donors (Lipinski definition) is 1. The Morgan fingerprint density at radius 3 is 2.55 bits per heavy atom. The third-order valence-corrected chi connectivity index (χ3v) is 2.54. The summed E-state index contributed by atoms with van der Waals surface area (Å²) in [6.07, 6.45) is 1.66. The molecule has 0 atom stereocenters. The van der Waals surface area contributed by atoms with Crippen LogP contribution in [0.2, 0.25) is 0 Å². The number of ether oxygens (including phenoxy) is 2. The summed E-state index contributed by atoms with van der Waals surface area (Å²) in [5.41, 5.74) is 1.75. The van der Waals surface area contributed by atoms with Crippen molar-refractivity contribution in [1.82, 2.24) is 0 Å². The molecule has 0 spiro atoms. The molecule has 5 nitrogen and oxygen atoms in total. The van der Waals surface area contributed by atoms with Gasteiger partial charge in [-0.25, -0.2) is 4.79 Å². The van der Waals surface area contributed by atoms with Gasteiger partial charge in [-0.1, -0.05) is 0 Å². The first kappa shape index (κ1) is 15.8. The summed E-state index contributed by atoms with van der Waals surface area (Å²) >= 11 is 0. The maximum Gasteiger partial charge on any atom is 0.333 e. The number of anilines is 1. The Bertz CT molecular complexity index is 535. The first-order valence-corrected chi connectivity index (χ1v) is 6.29. The van der Waals surface area contributed by atoms with Crippen molar-refractivity contribution >= 4 is 23.6 Å². The van der Waals surface area contributed by atoms with E-state index >= 15 is 0 Å². The standard InChI is InChI=1S/C15H19NO4/c1-5-20-15(18)10(2)8-12-9-13(19-4)6-7-14(12)16-11(3)17/h6-9H,5H2,1-4H3,(H,16,17)/b10-8+. The van der Waals surface area contributed by atoms with Gasteiger partial charge in [-0.05, 0) is 38.1 Å². The summed E-state index contributed by atoms with van der Waals surface area (Å²) in [6.45, 7) is 5.16. The normalized spacial score (nSPS) is 10.9. The summed E-state index contributed by atoms with van der Waals surface area (Å²) < 4.78 is 10.1. The lowest BCUT2D eigenvalue weighted by Gasteiger charge is -2.10. The fourth-order valence-corrected chi connectivity index (χ4v) is 1.63. The minimum Gasteiger partial charge on any atom is -0.497 e. The molecular formula is C15H19NO4. The lowest BCUT2D eigenvalue weighted by Crippen LogP contribution is -2.08. The molecule has 1 aromatic rings. The minimum atomic E-state index is -0.385. The van der Waals surface area contributed by atoms with E-state index in [0.29, 0.717) is 29.2 Å². The second-order valence-electron chi connectivity index (χ2n) is 4.18. The Morgan fingerprint density at radius 1 is 1.30 bits per heavy atom. The van der Waals surface area contributed by atoms with Gasteiger partial charge in [0.15, 0.2) is 0 Å². The SMILES string of the molecule is CCOC(=O)/C(C)=C/c1cc(OC)ccc1NC(C)=O. The van der Waals surface area contributed by atoms with Gasteiger partial charge in [0.25, 0.3) is 0 Å². The van der Waals surface area contributed by atoms with Crippen LogP contribution in [0.3, 0.4) is 0 Å². The van der Waals surface area contributed by atoms with Gasteiger partial charge in [0.2, 0.25) is 5.91 Å². The van der Waals surface area contributed by atoms with Crippen molar-refractivity contribution < 1.29 is 19.1 Å². The second kappa shape index (κ2) is 7.33. The molecule has 0 heterocycles. The summed E-state index contributed by atoms with van der Waals surface area (Å²) in [4.78, 5) is 22.8. The summed E-state index contributed by atoms with van der Waals surface area (Å²) in [6, 6.07) is 5.21. The number of carbonyl (C=O) groups excluding carboxylic acids is 2. The molecule has 0 fully saturated rings. The van der Waals surface area contributed by atoms with Crippen LogP contribution in [0.15, 0.2) is 23.8 Å². The molecule has 108 valence electrons. The van der Waals surface area contributed by atoms with Crippen molar-refractivity contribution in [3.8, 4) is 5.75 Å². The second-order valence-corrected chi connectivity index (χ2v) is 4.18. The van der Waals surface area contributed by atoms with Crippen molar-refractivity contribution in [2.45, 2.75) is 20.8 Å². The molecule has 0 saturated heterocycles. The van der Waals surface area contributed by atoms with E-state index in [1.807, 2.05) is 0 Å². The highest BCUT2D eigenvalue weighted by Crippen LogP contribution is 2.24. The topological polar surface area (TPSA) is 64.6 Å². The fraction of sp³-hybridized carbons (Fsp3) is 0.333. The van der Waals surface area contributed by atoms with E-state index in [1.165, 1.54) is 6.92 Å². The number of carbonyl (C=O) groups is 2. The summed E-state index contributed by atoms with van der Waals surface area (Å²) in [5.74, 6) is 0.0738. The highest BCUT2D eigenvalue weighted by Gasteiger charge is 2.09. The number of amides is 1. The molecule has 1 rings (SSSR count). The van der Waals surface area contributed by atoms with Gasteiger partial charge in [0.1, 0.15) is 5.75 Å². The van der Waals surface area contributed by atoms with Gasteiger partial charge in [0.05, 0.1) is 13.7 Å². The van der Waals surface area contributed by atoms with E-state index in [1.54, 1.807) is 45.2 Å². The van der Waals surface area contributed by atoms with Gasteiger partial charge in [0, 0.05) is 23.7 Å². The van der Waals surface area contributed by atoms with Crippen LogP contribution in [0.5, 0.6) is 5.75 Å². The van der Waals surface area contributed by atoms with Crippen LogP contribution in [-0.4, -0.2) is 25.6 Å². The third kappa shape index (κ3) is 4.42. The number of methoxy groups -OCH3 is 1. The predicted octanol–water partition coefficient (Wildman–Crippen LogP) is 2.62. The minimum absolute atomic E-state index is 0.182. The highest BCUT2D eigenvalue weighted by molar-refractivity contribution is 5.96. The number of esters is 1. The van der Waals surface area contributed by atoms with Gasteiger partial charge >= 0.3 is 5.97 Å². The van der Waals surface area contributed by atoms with Crippen molar-refractivity contribution in [3.63, 3.8) is 0 Å². The number of nitrogens with one attached hydrogen (secondary N) is 1.